The molecule has 0 bridgehead atoms. The largest absolute Gasteiger partial charge is 0.417 e. The van der Waals surface area contributed by atoms with Crippen LogP contribution in [0.3, 0.4) is 0 Å². The van der Waals surface area contributed by atoms with Crippen LogP contribution in [-0.4, -0.2) is 4.98 Å². The summed E-state index contributed by atoms with van der Waals surface area (Å²) in [4.78, 5) is 13.8. The number of benzene rings is 2. The molecule has 102 valence electrons. The van der Waals surface area contributed by atoms with Crippen molar-refractivity contribution in [2.45, 2.75) is 13.5 Å². The van der Waals surface area contributed by atoms with Crippen LogP contribution >= 0.6 is 0 Å². The fourth-order valence-corrected chi connectivity index (χ4v) is 2.23. The molecular formula is C15H15N3O2. The molecule has 5 heteroatoms. The van der Waals surface area contributed by atoms with E-state index in [2.05, 4.69) is 10.3 Å². The van der Waals surface area contributed by atoms with E-state index in [4.69, 9.17) is 10.2 Å². The molecule has 0 aliphatic heterocycles. The molecule has 4 N–H and O–H groups in total. The monoisotopic (exact) mass is 269 g/mol. The lowest BCUT2D eigenvalue weighted by atomic mass is 10.1. The highest BCUT2D eigenvalue weighted by molar-refractivity contribution is 5.73. The lowest BCUT2D eigenvalue weighted by molar-refractivity contribution is 0.555. The first-order valence-corrected chi connectivity index (χ1v) is 6.34. The first kappa shape index (κ1) is 12.3. The summed E-state index contributed by atoms with van der Waals surface area (Å²) in [6.07, 6.45) is 0. The summed E-state index contributed by atoms with van der Waals surface area (Å²) in [7, 11) is 0. The number of nitrogens with two attached hydrogens (primary N) is 1. The topological polar surface area (TPSA) is 84.0 Å². The van der Waals surface area contributed by atoms with Crippen LogP contribution in [-0.2, 0) is 6.54 Å². The Morgan fingerprint density at radius 1 is 1.30 bits per heavy atom. The molecule has 3 aromatic rings. The lowest BCUT2D eigenvalue weighted by Gasteiger charge is -2.12. The molecular weight excluding hydrogens is 254 g/mol. The van der Waals surface area contributed by atoms with Gasteiger partial charge in [-0.05, 0) is 36.2 Å². The van der Waals surface area contributed by atoms with E-state index in [0.29, 0.717) is 17.6 Å². The van der Waals surface area contributed by atoms with E-state index < -0.39 is 5.76 Å². The fourth-order valence-electron chi connectivity index (χ4n) is 2.23. The van der Waals surface area contributed by atoms with Crippen LogP contribution in [0.2, 0.25) is 0 Å². The maximum absolute atomic E-state index is 11.1. The zero-order valence-electron chi connectivity index (χ0n) is 11.1. The predicted octanol–water partition coefficient (Wildman–Crippen LogP) is 2.62. The number of hydrogen-bond acceptors (Lipinski definition) is 4. The van der Waals surface area contributed by atoms with Crippen LogP contribution in [0.25, 0.3) is 11.1 Å². The van der Waals surface area contributed by atoms with Crippen molar-refractivity contribution in [3.8, 4) is 0 Å². The van der Waals surface area contributed by atoms with E-state index >= 15 is 0 Å². The Labute approximate surface area is 115 Å². The third-order valence-electron chi connectivity index (χ3n) is 3.26. The highest BCUT2D eigenvalue weighted by atomic mass is 16.4. The molecule has 0 atom stereocenters. The Bertz CT molecular complexity index is 797. The van der Waals surface area contributed by atoms with E-state index in [9.17, 15) is 4.79 Å². The fraction of sp³-hybridized carbons (Fsp3) is 0.133. The summed E-state index contributed by atoms with van der Waals surface area (Å²) in [6.45, 7) is 2.63. The number of aromatic nitrogens is 1. The van der Waals surface area contributed by atoms with Gasteiger partial charge in [0, 0.05) is 6.54 Å². The number of nitrogens with one attached hydrogen (secondary N) is 2. The molecule has 1 aromatic heterocycles. The summed E-state index contributed by atoms with van der Waals surface area (Å²) in [5.74, 6) is -0.437. The van der Waals surface area contributed by atoms with Crippen LogP contribution < -0.4 is 16.8 Å². The number of anilines is 2. The number of aromatic amines is 1. The zero-order valence-corrected chi connectivity index (χ0v) is 11.1. The summed E-state index contributed by atoms with van der Waals surface area (Å²) >= 11 is 0. The lowest BCUT2D eigenvalue weighted by Crippen LogP contribution is -2.04. The minimum atomic E-state index is -0.437. The molecule has 0 fully saturated rings. The first-order chi connectivity index (χ1) is 9.63. The molecule has 0 unspecified atom stereocenters. The van der Waals surface area contributed by atoms with Gasteiger partial charge in [0.2, 0.25) is 0 Å². The second kappa shape index (κ2) is 4.77. The number of para-hydroxylation sites is 1. The Morgan fingerprint density at radius 3 is 2.95 bits per heavy atom. The summed E-state index contributed by atoms with van der Waals surface area (Å²) < 4.78 is 4.97. The molecule has 0 aliphatic carbocycles. The van der Waals surface area contributed by atoms with Crippen molar-refractivity contribution < 1.29 is 4.42 Å². The number of aryl methyl sites for hydroxylation is 1. The Hall–Kier alpha value is -2.69. The SMILES string of the molecule is Cc1cccc(N)c1NCc1ccc2oc(=O)[nH]c2c1. The molecule has 0 amide bonds. The Morgan fingerprint density at radius 2 is 2.15 bits per heavy atom. The van der Waals surface area contributed by atoms with Crippen molar-refractivity contribution in [1.82, 2.24) is 4.98 Å². The van der Waals surface area contributed by atoms with E-state index in [-0.39, 0.29) is 0 Å². The van der Waals surface area contributed by atoms with Gasteiger partial charge in [-0.2, -0.15) is 0 Å². The van der Waals surface area contributed by atoms with Crippen molar-refractivity contribution in [2.75, 3.05) is 11.1 Å². The maximum Gasteiger partial charge on any atom is 0.417 e. The van der Waals surface area contributed by atoms with Crippen molar-refractivity contribution in [1.29, 1.82) is 0 Å². The summed E-state index contributed by atoms with van der Waals surface area (Å²) in [5, 5.41) is 3.32. The van der Waals surface area contributed by atoms with Crippen molar-refractivity contribution in [3.63, 3.8) is 0 Å². The minimum Gasteiger partial charge on any atom is -0.408 e. The van der Waals surface area contributed by atoms with E-state index in [1.807, 2.05) is 37.3 Å². The third kappa shape index (κ3) is 2.25. The molecule has 20 heavy (non-hydrogen) atoms. The molecule has 1 heterocycles. The van der Waals surface area contributed by atoms with Crippen LogP contribution in [0, 0.1) is 6.92 Å². The van der Waals surface area contributed by atoms with Gasteiger partial charge < -0.3 is 15.5 Å². The van der Waals surface area contributed by atoms with Gasteiger partial charge in [-0.3, -0.25) is 4.98 Å². The quantitative estimate of drug-likeness (QED) is 0.638. The van der Waals surface area contributed by atoms with Gasteiger partial charge in [-0.25, -0.2) is 4.79 Å². The Kier molecular flexibility index (Phi) is 2.95. The second-order valence-electron chi connectivity index (χ2n) is 4.74. The van der Waals surface area contributed by atoms with Crippen LogP contribution in [0.5, 0.6) is 0 Å². The highest BCUT2D eigenvalue weighted by Crippen LogP contribution is 2.23. The van der Waals surface area contributed by atoms with Gasteiger partial charge in [0.05, 0.1) is 16.9 Å². The summed E-state index contributed by atoms with van der Waals surface area (Å²) in [5.41, 5.74) is 11.0. The number of fused-ring (bicyclic) bond motifs is 1. The predicted molar refractivity (Wildman–Crippen MR) is 79.8 cm³/mol. The summed E-state index contributed by atoms with van der Waals surface area (Å²) in [6, 6.07) is 11.4. The highest BCUT2D eigenvalue weighted by Gasteiger charge is 2.04. The van der Waals surface area contributed by atoms with Gasteiger partial charge in [0.1, 0.15) is 0 Å². The normalized spacial score (nSPS) is 10.8. The van der Waals surface area contributed by atoms with Gasteiger partial charge in [0.25, 0.3) is 0 Å². The van der Waals surface area contributed by atoms with Gasteiger partial charge >= 0.3 is 5.76 Å². The number of rotatable bonds is 3. The molecule has 0 saturated heterocycles. The molecule has 2 aromatic carbocycles. The van der Waals surface area contributed by atoms with E-state index in [1.165, 1.54) is 0 Å². The number of hydrogen-bond donors (Lipinski definition) is 3. The van der Waals surface area contributed by atoms with Gasteiger partial charge in [-0.1, -0.05) is 18.2 Å². The molecule has 0 aliphatic rings. The smallest absolute Gasteiger partial charge is 0.408 e. The van der Waals surface area contributed by atoms with Crippen LogP contribution in [0.4, 0.5) is 11.4 Å². The van der Waals surface area contributed by atoms with Gasteiger partial charge in [0.15, 0.2) is 5.58 Å². The van der Waals surface area contributed by atoms with E-state index in [0.717, 1.165) is 22.5 Å². The molecule has 3 rings (SSSR count). The van der Waals surface area contributed by atoms with Crippen LogP contribution in [0.15, 0.2) is 45.6 Å². The molecule has 0 saturated carbocycles. The number of nitrogen functional groups attached to an aromatic ring is 1. The molecule has 5 nitrogen and oxygen atoms in total. The average Bonchev–Trinajstić information content (AvgIpc) is 2.77. The standard InChI is InChI=1S/C15H15N3O2/c1-9-3-2-4-11(16)14(9)17-8-10-5-6-13-12(7-10)18-15(19)20-13/h2-7,17H,8,16H2,1H3,(H,18,19). The Balaban J connectivity index is 1.84. The first-order valence-electron chi connectivity index (χ1n) is 6.34. The zero-order chi connectivity index (χ0) is 14.1. The third-order valence-corrected chi connectivity index (χ3v) is 3.26. The number of oxazole rings is 1. The maximum atomic E-state index is 11.1. The van der Waals surface area contributed by atoms with Crippen molar-refractivity contribution >= 4 is 22.5 Å². The molecule has 0 radical (unpaired) electrons. The van der Waals surface area contributed by atoms with E-state index in [1.54, 1.807) is 6.07 Å². The minimum absolute atomic E-state index is 0.437. The van der Waals surface area contributed by atoms with Crippen LogP contribution in [0.1, 0.15) is 11.1 Å². The number of H-pyrrole nitrogens is 1. The van der Waals surface area contributed by atoms with Crippen molar-refractivity contribution in [3.05, 3.63) is 58.1 Å². The second-order valence-corrected chi connectivity index (χ2v) is 4.74. The van der Waals surface area contributed by atoms with Crippen molar-refractivity contribution in [2.24, 2.45) is 0 Å². The molecule has 0 spiro atoms. The average molecular weight is 269 g/mol. The van der Waals surface area contributed by atoms with Gasteiger partial charge in [-0.15, -0.1) is 0 Å².